The first-order valence-electron chi connectivity index (χ1n) is 10.3. The molecule has 10 nitrogen and oxygen atoms in total. The summed E-state index contributed by atoms with van der Waals surface area (Å²) in [4.78, 5) is 47.4. The molecule has 0 aliphatic heterocycles. The number of carbonyl (C=O) groups excluding carboxylic acids is 3. The van der Waals surface area contributed by atoms with Crippen LogP contribution in [0.2, 0.25) is 0 Å². The molecule has 0 unspecified atom stereocenters. The van der Waals surface area contributed by atoms with Crippen LogP contribution in [-0.2, 0) is 25.5 Å². The summed E-state index contributed by atoms with van der Waals surface area (Å²) >= 11 is 0. The van der Waals surface area contributed by atoms with Gasteiger partial charge in [-0.25, -0.2) is 4.79 Å². The van der Waals surface area contributed by atoms with Gasteiger partial charge in [-0.05, 0) is 24.1 Å². The molecule has 0 fully saturated rings. The number of ether oxygens (including phenoxy) is 2. The molecule has 0 saturated heterocycles. The quantitative estimate of drug-likeness (QED) is 0.300. The molecule has 0 bridgehead atoms. The first kappa shape index (κ1) is 25.3. The molecule has 0 aliphatic rings. The molecule has 2 amide bonds. The van der Waals surface area contributed by atoms with Crippen LogP contribution in [-0.4, -0.2) is 43.0 Å². The Morgan fingerprint density at radius 1 is 1.00 bits per heavy atom. The maximum Gasteiger partial charge on any atom is 0.328 e. The number of hydrogen-bond acceptors (Lipinski definition) is 7. The topological polar surface area (TPSA) is 137 Å². The third-order valence-electron chi connectivity index (χ3n) is 4.96. The lowest BCUT2D eigenvalue weighted by molar-refractivity contribution is -0.385. The van der Waals surface area contributed by atoms with Gasteiger partial charge in [0.2, 0.25) is 11.8 Å². The second kappa shape index (κ2) is 12.2. The van der Waals surface area contributed by atoms with E-state index < -0.39 is 22.8 Å². The van der Waals surface area contributed by atoms with Crippen molar-refractivity contribution in [3.63, 3.8) is 0 Å². The van der Waals surface area contributed by atoms with Gasteiger partial charge in [-0.15, -0.1) is 0 Å². The van der Waals surface area contributed by atoms with Gasteiger partial charge in [-0.3, -0.25) is 19.7 Å². The van der Waals surface area contributed by atoms with Gasteiger partial charge in [0.15, 0.2) is 5.75 Å². The van der Waals surface area contributed by atoms with Crippen LogP contribution in [0.3, 0.4) is 0 Å². The lowest BCUT2D eigenvalue weighted by Gasteiger charge is -2.17. The Bertz CT molecular complexity index is 995. The van der Waals surface area contributed by atoms with Crippen molar-refractivity contribution in [1.29, 1.82) is 0 Å². The van der Waals surface area contributed by atoms with Crippen molar-refractivity contribution >= 4 is 23.5 Å². The monoisotopic (exact) mass is 457 g/mol. The molecule has 0 heterocycles. The zero-order valence-electron chi connectivity index (χ0n) is 18.7. The van der Waals surface area contributed by atoms with Crippen molar-refractivity contribution in [3.8, 4) is 5.75 Å². The maximum atomic E-state index is 12.4. The van der Waals surface area contributed by atoms with E-state index in [1.165, 1.54) is 26.4 Å². The van der Waals surface area contributed by atoms with Gasteiger partial charge < -0.3 is 20.1 Å². The molecule has 2 rings (SSSR count). The first-order chi connectivity index (χ1) is 15.7. The molecule has 0 aromatic heterocycles. The molecule has 2 aromatic carbocycles. The van der Waals surface area contributed by atoms with Gasteiger partial charge in [0.1, 0.15) is 6.04 Å². The van der Waals surface area contributed by atoms with Crippen LogP contribution >= 0.6 is 0 Å². The SMILES string of the molecule is COC(=O)[C@H](Cc1ccc(OC)c([N+](=O)[O-])c1)NC(=O)CCC(=O)N[C@H](C)c1ccccc1. The fraction of sp³-hybridized carbons (Fsp3) is 0.348. The van der Waals surface area contributed by atoms with Crippen molar-refractivity contribution in [1.82, 2.24) is 10.6 Å². The average molecular weight is 457 g/mol. The highest BCUT2D eigenvalue weighted by Gasteiger charge is 2.24. The Morgan fingerprint density at radius 3 is 2.21 bits per heavy atom. The van der Waals surface area contributed by atoms with E-state index in [0.29, 0.717) is 5.56 Å². The normalized spacial score (nSPS) is 12.2. The van der Waals surface area contributed by atoms with E-state index in [-0.39, 0.29) is 42.6 Å². The number of nitro benzene ring substituents is 1. The van der Waals surface area contributed by atoms with Gasteiger partial charge in [0.05, 0.1) is 25.2 Å². The van der Waals surface area contributed by atoms with Crippen LogP contribution in [0.25, 0.3) is 0 Å². The van der Waals surface area contributed by atoms with E-state index >= 15 is 0 Å². The molecular weight excluding hydrogens is 430 g/mol. The van der Waals surface area contributed by atoms with Crippen LogP contribution in [0.1, 0.15) is 36.9 Å². The van der Waals surface area contributed by atoms with Crippen LogP contribution in [0.5, 0.6) is 5.75 Å². The maximum absolute atomic E-state index is 12.4. The molecule has 2 N–H and O–H groups in total. The molecule has 33 heavy (non-hydrogen) atoms. The van der Waals surface area contributed by atoms with Crippen molar-refractivity contribution in [2.24, 2.45) is 0 Å². The largest absolute Gasteiger partial charge is 0.490 e. The lowest BCUT2D eigenvalue weighted by Crippen LogP contribution is -2.43. The number of esters is 1. The fourth-order valence-electron chi connectivity index (χ4n) is 3.21. The highest BCUT2D eigenvalue weighted by molar-refractivity contribution is 5.87. The van der Waals surface area contributed by atoms with E-state index in [0.717, 1.165) is 5.56 Å². The molecule has 0 aliphatic carbocycles. The van der Waals surface area contributed by atoms with E-state index in [9.17, 15) is 24.5 Å². The Labute approximate surface area is 191 Å². The standard InChI is InChI=1S/C23H27N3O7/c1-15(17-7-5-4-6-8-17)24-21(27)11-12-22(28)25-18(23(29)33-3)13-16-9-10-20(32-2)19(14-16)26(30)31/h4-10,14-15,18H,11-13H2,1-3H3,(H,24,27)(H,25,28)/t15-,18+/m1/s1. The van der Waals surface area contributed by atoms with E-state index in [1.54, 1.807) is 6.07 Å². The smallest absolute Gasteiger partial charge is 0.328 e. The second-order valence-corrected chi connectivity index (χ2v) is 7.31. The molecule has 0 radical (unpaired) electrons. The Morgan fingerprint density at radius 2 is 1.64 bits per heavy atom. The third kappa shape index (κ3) is 7.60. The van der Waals surface area contributed by atoms with E-state index in [2.05, 4.69) is 10.6 Å². The number of rotatable bonds is 11. The van der Waals surface area contributed by atoms with Crippen molar-refractivity contribution in [2.45, 2.75) is 38.3 Å². The summed E-state index contributed by atoms with van der Waals surface area (Å²) in [5.74, 6) is -1.44. The minimum Gasteiger partial charge on any atom is -0.490 e. The van der Waals surface area contributed by atoms with Gasteiger partial charge >= 0.3 is 11.7 Å². The first-order valence-corrected chi connectivity index (χ1v) is 10.3. The number of nitrogens with one attached hydrogen (secondary N) is 2. The highest BCUT2D eigenvalue weighted by Crippen LogP contribution is 2.28. The number of methoxy groups -OCH3 is 2. The molecule has 0 saturated carbocycles. The molecule has 0 spiro atoms. The number of nitrogens with zero attached hydrogens (tertiary/aromatic N) is 1. The summed E-state index contributed by atoms with van der Waals surface area (Å²) in [5, 5.41) is 16.6. The number of benzene rings is 2. The number of amides is 2. The Balaban J connectivity index is 1.96. The van der Waals surface area contributed by atoms with E-state index in [4.69, 9.17) is 9.47 Å². The number of carbonyl (C=O) groups is 3. The average Bonchev–Trinajstić information content (AvgIpc) is 2.82. The van der Waals surface area contributed by atoms with Crippen LogP contribution < -0.4 is 15.4 Å². The molecule has 176 valence electrons. The third-order valence-corrected chi connectivity index (χ3v) is 4.96. The number of nitro groups is 1. The summed E-state index contributed by atoms with van der Waals surface area (Å²) in [6.45, 7) is 1.84. The summed E-state index contributed by atoms with van der Waals surface area (Å²) in [6, 6.07) is 12.4. The molecule has 2 aromatic rings. The highest BCUT2D eigenvalue weighted by atomic mass is 16.6. The van der Waals surface area contributed by atoms with Gasteiger partial charge in [0, 0.05) is 25.3 Å². The van der Waals surface area contributed by atoms with Gasteiger partial charge in [-0.1, -0.05) is 36.4 Å². The summed E-state index contributed by atoms with van der Waals surface area (Å²) in [6.07, 6.45) is -0.227. The summed E-state index contributed by atoms with van der Waals surface area (Å²) < 4.78 is 9.71. The lowest BCUT2D eigenvalue weighted by atomic mass is 10.0. The number of hydrogen-bond donors (Lipinski definition) is 2. The Hall–Kier alpha value is -3.95. The summed E-state index contributed by atoms with van der Waals surface area (Å²) in [7, 11) is 2.49. The van der Waals surface area contributed by atoms with E-state index in [1.807, 2.05) is 37.3 Å². The predicted octanol–water partition coefficient (Wildman–Crippen LogP) is 2.46. The minimum atomic E-state index is -1.07. The summed E-state index contributed by atoms with van der Waals surface area (Å²) in [5.41, 5.74) is 1.12. The van der Waals surface area contributed by atoms with Gasteiger partial charge in [-0.2, -0.15) is 0 Å². The van der Waals surface area contributed by atoms with Crippen LogP contribution in [0.15, 0.2) is 48.5 Å². The fourth-order valence-corrected chi connectivity index (χ4v) is 3.21. The zero-order valence-corrected chi connectivity index (χ0v) is 18.7. The molecular formula is C23H27N3O7. The van der Waals surface area contributed by atoms with Crippen molar-refractivity contribution < 1.29 is 28.8 Å². The molecule has 10 heteroatoms. The van der Waals surface area contributed by atoms with Crippen LogP contribution in [0.4, 0.5) is 5.69 Å². The van der Waals surface area contributed by atoms with Gasteiger partial charge in [0.25, 0.3) is 0 Å². The van der Waals surface area contributed by atoms with Crippen LogP contribution in [0, 0.1) is 10.1 Å². The zero-order chi connectivity index (χ0) is 24.4. The minimum absolute atomic E-state index is 0.0273. The second-order valence-electron chi connectivity index (χ2n) is 7.31. The van der Waals surface area contributed by atoms with Crippen molar-refractivity contribution in [3.05, 3.63) is 69.8 Å². The predicted molar refractivity (Wildman–Crippen MR) is 120 cm³/mol. The Kier molecular flexibility index (Phi) is 9.34. The van der Waals surface area contributed by atoms with Crippen molar-refractivity contribution in [2.75, 3.05) is 14.2 Å². The molecule has 2 atom stereocenters.